The van der Waals surface area contributed by atoms with Gasteiger partial charge >= 0.3 is 5.69 Å². The summed E-state index contributed by atoms with van der Waals surface area (Å²) in [4.78, 5) is 29.8. The summed E-state index contributed by atoms with van der Waals surface area (Å²) in [5.41, 5.74) is 5.47. The Morgan fingerprint density at radius 1 is 1.06 bits per heavy atom. The highest BCUT2D eigenvalue weighted by molar-refractivity contribution is 6.31. The van der Waals surface area contributed by atoms with Crippen molar-refractivity contribution in [1.29, 1.82) is 0 Å². The molecule has 0 spiro atoms. The van der Waals surface area contributed by atoms with E-state index >= 15 is 0 Å². The van der Waals surface area contributed by atoms with Crippen LogP contribution in [0, 0.1) is 6.92 Å². The number of aromatic nitrogens is 4. The fourth-order valence-electron chi connectivity index (χ4n) is 3.30. The molecule has 4 aromatic rings. The van der Waals surface area contributed by atoms with Crippen molar-refractivity contribution in [2.24, 2.45) is 19.2 Å². The maximum Gasteiger partial charge on any atom is 0.332 e. The van der Waals surface area contributed by atoms with E-state index in [0.717, 1.165) is 21.3 Å². The second-order valence-corrected chi connectivity index (χ2v) is 7.68. The molecule has 0 aliphatic carbocycles. The van der Waals surface area contributed by atoms with Crippen molar-refractivity contribution in [3.05, 3.63) is 91.1 Å². The smallest absolute Gasteiger partial charge is 0.298 e. The topological polar surface area (TPSA) is 86.2 Å². The highest BCUT2D eigenvalue weighted by atomic mass is 35.5. The number of benzene rings is 2. The van der Waals surface area contributed by atoms with Gasteiger partial charge in [0.05, 0.1) is 12.8 Å². The first-order valence-electron chi connectivity index (χ1n) is 9.62. The number of imidazole rings is 1. The average Bonchev–Trinajstić information content (AvgIpc) is 3.12. The minimum absolute atomic E-state index is 0.271. The van der Waals surface area contributed by atoms with Crippen molar-refractivity contribution in [2.75, 3.05) is 5.43 Å². The lowest BCUT2D eigenvalue weighted by Crippen LogP contribution is -2.37. The van der Waals surface area contributed by atoms with Crippen LogP contribution in [-0.4, -0.2) is 24.9 Å². The molecule has 0 fully saturated rings. The number of hydrogen-bond donors (Lipinski definition) is 1. The van der Waals surface area contributed by atoms with E-state index in [1.165, 1.54) is 11.6 Å². The number of rotatable bonds is 5. The maximum atomic E-state index is 12.9. The predicted octanol–water partition coefficient (Wildman–Crippen LogP) is 2.89. The van der Waals surface area contributed by atoms with Gasteiger partial charge in [-0.25, -0.2) is 10.2 Å². The van der Waals surface area contributed by atoms with E-state index in [1.54, 1.807) is 23.9 Å². The van der Waals surface area contributed by atoms with Gasteiger partial charge in [-0.2, -0.15) is 10.1 Å². The van der Waals surface area contributed by atoms with E-state index in [9.17, 15) is 9.59 Å². The number of hydrogen-bond acceptors (Lipinski definition) is 5. The number of fused-ring (bicyclic) bond motifs is 1. The van der Waals surface area contributed by atoms with Gasteiger partial charge in [0.15, 0.2) is 11.2 Å². The second kappa shape index (κ2) is 8.23. The quantitative estimate of drug-likeness (QED) is 0.385. The monoisotopic (exact) mass is 436 g/mol. The lowest BCUT2D eigenvalue weighted by atomic mass is 10.2. The van der Waals surface area contributed by atoms with Crippen molar-refractivity contribution in [1.82, 2.24) is 18.7 Å². The highest BCUT2D eigenvalue weighted by Gasteiger charge is 2.19. The maximum absolute atomic E-state index is 12.9. The number of aryl methyl sites for hydroxylation is 2. The van der Waals surface area contributed by atoms with Crippen LogP contribution >= 0.6 is 11.6 Å². The Kier molecular flexibility index (Phi) is 5.48. The summed E-state index contributed by atoms with van der Waals surface area (Å²) in [7, 11) is 3.02. The van der Waals surface area contributed by atoms with Crippen molar-refractivity contribution in [2.45, 2.75) is 13.5 Å². The Morgan fingerprint density at radius 3 is 2.48 bits per heavy atom. The zero-order valence-corrected chi connectivity index (χ0v) is 18.1. The Hall–Kier alpha value is -3.65. The number of anilines is 1. The molecule has 2 aromatic heterocycles. The fraction of sp³-hybridized carbons (Fsp3) is 0.182. The standard InChI is InChI=1S/C22H21ClN6O2/c1-14-8-10-15(11-9-14)12-24-26-21-25-19-18(20(30)28(3)22(31)27(19)2)29(21)13-16-6-4-5-7-17(16)23/h4-12H,13H2,1-3H3,(H,25,26)/b24-12-. The van der Waals surface area contributed by atoms with E-state index in [1.807, 2.05) is 49.4 Å². The van der Waals surface area contributed by atoms with Crippen LogP contribution < -0.4 is 16.7 Å². The first-order chi connectivity index (χ1) is 14.9. The van der Waals surface area contributed by atoms with Gasteiger partial charge in [-0.1, -0.05) is 59.6 Å². The van der Waals surface area contributed by atoms with Gasteiger partial charge in [0, 0.05) is 19.1 Å². The first kappa shape index (κ1) is 20.6. The summed E-state index contributed by atoms with van der Waals surface area (Å²) in [5, 5.41) is 4.85. The van der Waals surface area contributed by atoms with E-state index in [0.29, 0.717) is 11.0 Å². The molecule has 0 saturated heterocycles. The lowest BCUT2D eigenvalue weighted by Gasteiger charge is -2.10. The molecular formula is C22H21ClN6O2. The number of nitrogens with zero attached hydrogens (tertiary/aromatic N) is 5. The van der Waals surface area contributed by atoms with E-state index in [2.05, 4.69) is 15.5 Å². The molecule has 0 aliphatic heterocycles. The van der Waals surface area contributed by atoms with Crippen molar-refractivity contribution in [3.63, 3.8) is 0 Å². The van der Waals surface area contributed by atoms with Gasteiger partial charge in [0.1, 0.15) is 0 Å². The molecule has 2 heterocycles. The molecule has 158 valence electrons. The minimum atomic E-state index is -0.449. The van der Waals surface area contributed by atoms with Crippen molar-refractivity contribution >= 4 is 34.9 Å². The van der Waals surface area contributed by atoms with E-state index < -0.39 is 11.2 Å². The summed E-state index contributed by atoms with van der Waals surface area (Å²) in [6, 6.07) is 15.3. The van der Waals surface area contributed by atoms with Crippen LogP contribution in [0.3, 0.4) is 0 Å². The van der Waals surface area contributed by atoms with Crippen LogP contribution in [0.4, 0.5) is 5.95 Å². The van der Waals surface area contributed by atoms with Gasteiger partial charge in [-0.05, 0) is 24.1 Å². The number of halogens is 1. The molecule has 2 aromatic carbocycles. The summed E-state index contributed by atoms with van der Waals surface area (Å²) < 4.78 is 4.09. The molecule has 0 amide bonds. The van der Waals surface area contributed by atoms with Crippen LogP contribution in [0.1, 0.15) is 16.7 Å². The number of nitrogens with one attached hydrogen (secondary N) is 1. The normalized spacial score (nSPS) is 11.5. The molecule has 8 nitrogen and oxygen atoms in total. The van der Waals surface area contributed by atoms with Crippen LogP contribution in [0.15, 0.2) is 63.2 Å². The molecule has 0 radical (unpaired) electrons. The molecule has 0 saturated carbocycles. The molecule has 1 N–H and O–H groups in total. The zero-order chi connectivity index (χ0) is 22.1. The SMILES string of the molecule is Cc1ccc(/C=N\Nc2nc3c(c(=O)n(C)c(=O)n3C)n2Cc2ccccc2Cl)cc1. The van der Waals surface area contributed by atoms with Crippen LogP contribution in [0.2, 0.25) is 5.02 Å². The third-order valence-electron chi connectivity index (χ3n) is 5.09. The Balaban J connectivity index is 1.83. The zero-order valence-electron chi connectivity index (χ0n) is 17.3. The van der Waals surface area contributed by atoms with Crippen LogP contribution in [0.25, 0.3) is 11.2 Å². The molecule has 0 atom stereocenters. The Bertz CT molecular complexity index is 1410. The summed E-state index contributed by atoms with van der Waals surface area (Å²) in [6.45, 7) is 2.30. The molecule has 9 heteroatoms. The van der Waals surface area contributed by atoms with Gasteiger partial charge < -0.3 is 0 Å². The summed E-state index contributed by atoms with van der Waals surface area (Å²) in [5.74, 6) is 0.330. The molecule has 0 aliphatic rings. The van der Waals surface area contributed by atoms with E-state index in [4.69, 9.17) is 11.6 Å². The van der Waals surface area contributed by atoms with Gasteiger partial charge in [-0.3, -0.25) is 18.5 Å². The molecule has 31 heavy (non-hydrogen) atoms. The third kappa shape index (κ3) is 3.89. The van der Waals surface area contributed by atoms with Gasteiger partial charge in [0.2, 0.25) is 5.95 Å². The molecule has 4 rings (SSSR count). The van der Waals surface area contributed by atoms with Crippen LogP contribution in [-0.2, 0) is 20.6 Å². The summed E-state index contributed by atoms with van der Waals surface area (Å²) >= 11 is 6.35. The second-order valence-electron chi connectivity index (χ2n) is 7.27. The fourth-order valence-corrected chi connectivity index (χ4v) is 3.50. The molecule has 0 unspecified atom stereocenters. The molecule has 0 bridgehead atoms. The van der Waals surface area contributed by atoms with Gasteiger partial charge in [-0.15, -0.1) is 0 Å². The van der Waals surface area contributed by atoms with Gasteiger partial charge in [0.25, 0.3) is 5.56 Å². The first-order valence-corrected chi connectivity index (χ1v) is 10.00. The molecular weight excluding hydrogens is 416 g/mol. The van der Waals surface area contributed by atoms with Crippen LogP contribution in [0.5, 0.6) is 0 Å². The predicted molar refractivity (Wildman–Crippen MR) is 123 cm³/mol. The Morgan fingerprint density at radius 2 is 1.77 bits per heavy atom. The lowest BCUT2D eigenvalue weighted by molar-refractivity contribution is 0.702. The summed E-state index contributed by atoms with van der Waals surface area (Å²) in [6.07, 6.45) is 1.66. The minimum Gasteiger partial charge on any atom is -0.298 e. The van der Waals surface area contributed by atoms with Crippen molar-refractivity contribution in [3.8, 4) is 0 Å². The highest BCUT2D eigenvalue weighted by Crippen LogP contribution is 2.22. The third-order valence-corrected chi connectivity index (χ3v) is 5.46. The van der Waals surface area contributed by atoms with Crippen molar-refractivity contribution < 1.29 is 0 Å². The number of hydrazone groups is 1. The average molecular weight is 437 g/mol. The largest absolute Gasteiger partial charge is 0.332 e. The Labute approximate surface area is 183 Å². The van der Waals surface area contributed by atoms with E-state index in [-0.39, 0.29) is 17.7 Å².